The molecule has 0 aromatic heterocycles. The Kier molecular flexibility index (Phi) is 14.8. The van der Waals surface area contributed by atoms with Crippen LogP contribution in [-0.2, 0) is 9.59 Å². The molecule has 198 valence electrons. The second-order valence-corrected chi connectivity index (χ2v) is 9.17. The zero-order valence-electron chi connectivity index (χ0n) is 22.2. The molecular weight excluding hydrogens is 452 g/mol. The molecule has 0 radical (unpaired) electrons. The lowest BCUT2D eigenvalue weighted by molar-refractivity contribution is -0.117. The molecular formula is C30H44N2O4. The van der Waals surface area contributed by atoms with Crippen LogP contribution in [0.25, 0.3) is 0 Å². The summed E-state index contributed by atoms with van der Waals surface area (Å²) >= 11 is 0. The minimum absolute atomic E-state index is 0.0480. The number of carbonyl (C=O) groups is 2. The molecule has 2 aromatic rings. The summed E-state index contributed by atoms with van der Waals surface area (Å²) in [7, 11) is 0. The Balaban J connectivity index is 1.47. The van der Waals surface area contributed by atoms with Gasteiger partial charge in [0.15, 0.2) is 0 Å². The van der Waals surface area contributed by atoms with Crippen LogP contribution < -0.4 is 20.1 Å². The van der Waals surface area contributed by atoms with Crippen LogP contribution in [0.15, 0.2) is 48.5 Å². The first-order valence-corrected chi connectivity index (χ1v) is 13.7. The highest BCUT2D eigenvalue weighted by molar-refractivity contribution is 5.91. The van der Waals surface area contributed by atoms with Crippen molar-refractivity contribution >= 4 is 23.2 Å². The molecule has 0 saturated heterocycles. The van der Waals surface area contributed by atoms with Crippen LogP contribution in [0.2, 0.25) is 0 Å². The van der Waals surface area contributed by atoms with Crippen LogP contribution in [-0.4, -0.2) is 25.0 Å². The van der Waals surface area contributed by atoms with Crippen molar-refractivity contribution in [3.63, 3.8) is 0 Å². The molecule has 36 heavy (non-hydrogen) atoms. The average Bonchev–Trinajstić information content (AvgIpc) is 2.88. The van der Waals surface area contributed by atoms with E-state index in [0.29, 0.717) is 12.8 Å². The summed E-state index contributed by atoms with van der Waals surface area (Å²) in [6.07, 6.45) is 11.3. The summed E-state index contributed by atoms with van der Waals surface area (Å²) in [5.74, 6) is 1.76. The summed E-state index contributed by atoms with van der Waals surface area (Å²) in [6, 6.07) is 15.1. The van der Waals surface area contributed by atoms with Gasteiger partial charge in [0.25, 0.3) is 0 Å². The first-order chi connectivity index (χ1) is 17.6. The molecule has 0 unspecified atom stereocenters. The fraction of sp³-hybridized carbons (Fsp3) is 0.533. The van der Waals surface area contributed by atoms with Gasteiger partial charge in [-0.05, 0) is 74.2 Å². The lowest BCUT2D eigenvalue weighted by atomic mass is 10.1. The summed E-state index contributed by atoms with van der Waals surface area (Å²) in [4.78, 5) is 24.3. The van der Waals surface area contributed by atoms with E-state index < -0.39 is 0 Å². The fourth-order valence-corrected chi connectivity index (χ4v) is 3.66. The Hall–Kier alpha value is -3.02. The minimum atomic E-state index is 0.0480. The summed E-state index contributed by atoms with van der Waals surface area (Å²) < 4.78 is 11.3. The predicted octanol–water partition coefficient (Wildman–Crippen LogP) is 7.74. The Morgan fingerprint density at radius 1 is 0.556 bits per heavy atom. The van der Waals surface area contributed by atoms with Gasteiger partial charge in [-0.1, -0.05) is 52.4 Å². The quantitative estimate of drug-likeness (QED) is 0.195. The Morgan fingerprint density at radius 3 is 1.28 bits per heavy atom. The van der Waals surface area contributed by atoms with Crippen molar-refractivity contribution in [1.29, 1.82) is 0 Å². The van der Waals surface area contributed by atoms with Crippen molar-refractivity contribution in [1.82, 2.24) is 0 Å². The molecule has 0 fully saturated rings. The molecule has 0 aliphatic rings. The van der Waals surface area contributed by atoms with Crippen LogP contribution in [0.4, 0.5) is 11.4 Å². The van der Waals surface area contributed by atoms with Crippen molar-refractivity contribution < 1.29 is 19.1 Å². The van der Waals surface area contributed by atoms with E-state index in [2.05, 4.69) is 24.5 Å². The third kappa shape index (κ3) is 13.2. The van der Waals surface area contributed by atoms with Gasteiger partial charge in [0.1, 0.15) is 11.5 Å². The van der Waals surface area contributed by atoms with Crippen LogP contribution in [0.5, 0.6) is 11.5 Å². The highest BCUT2D eigenvalue weighted by Gasteiger charge is 2.05. The Labute approximate surface area is 217 Å². The van der Waals surface area contributed by atoms with E-state index in [4.69, 9.17) is 9.47 Å². The van der Waals surface area contributed by atoms with E-state index >= 15 is 0 Å². The average molecular weight is 497 g/mol. The van der Waals surface area contributed by atoms with Crippen molar-refractivity contribution in [2.24, 2.45) is 0 Å². The Morgan fingerprint density at radius 2 is 0.917 bits per heavy atom. The highest BCUT2D eigenvalue weighted by Crippen LogP contribution is 2.18. The number of rotatable bonds is 19. The normalized spacial score (nSPS) is 10.6. The van der Waals surface area contributed by atoms with E-state index in [1.165, 1.54) is 0 Å². The van der Waals surface area contributed by atoms with Gasteiger partial charge in [0, 0.05) is 24.2 Å². The molecule has 0 spiro atoms. The van der Waals surface area contributed by atoms with E-state index in [0.717, 1.165) is 100 Å². The van der Waals surface area contributed by atoms with Crippen LogP contribution in [0.1, 0.15) is 90.9 Å². The lowest BCUT2D eigenvalue weighted by Gasteiger charge is -2.08. The molecule has 0 aliphatic heterocycles. The molecule has 0 atom stereocenters. The van der Waals surface area contributed by atoms with E-state index in [-0.39, 0.29) is 11.8 Å². The number of unbranched alkanes of at least 4 members (excludes halogenated alkanes) is 7. The standard InChI is InChI=1S/C30H44N2O4/c1-3-5-23-35-27-19-15-25(16-20-27)31-29(33)13-11-9-7-8-10-12-14-30(34)32-26-17-21-28(22-18-26)36-24-6-4-2/h15-22H,3-14,23-24H2,1-2H3,(H,31,33)(H,32,34). The number of amides is 2. The monoisotopic (exact) mass is 496 g/mol. The molecule has 0 aliphatic carbocycles. The minimum Gasteiger partial charge on any atom is -0.494 e. The van der Waals surface area contributed by atoms with Gasteiger partial charge in [-0.3, -0.25) is 9.59 Å². The zero-order chi connectivity index (χ0) is 25.8. The van der Waals surface area contributed by atoms with Gasteiger partial charge >= 0.3 is 0 Å². The molecule has 6 heteroatoms. The molecule has 0 heterocycles. The first kappa shape index (κ1) is 29.2. The van der Waals surface area contributed by atoms with Crippen LogP contribution >= 0.6 is 0 Å². The van der Waals surface area contributed by atoms with Gasteiger partial charge in [-0.15, -0.1) is 0 Å². The number of hydrogen-bond donors (Lipinski definition) is 2. The molecule has 2 aromatic carbocycles. The molecule has 2 rings (SSSR count). The van der Waals surface area contributed by atoms with Crippen molar-refractivity contribution in [2.45, 2.75) is 90.9 Å². The predicted molar refractivity (Wildman–Crippen MR) is 148 cm³/mol. The van der Waals surface area contributed by atoms with Gasteiger partial charge in [-0.25, -0.2) is 0 Å². The van der Waals surface area contributed by atoms with Crippen molar-refractivity contribution in [2.75, 3.05) is 23.8 Å². The summed E-state index contributed by atoms with van der Waals surface area (Å²) in [5.41, 5.74) is 1.61. The third-order valence-corrected chi connectivity index (χ3v) is 5.87. The second-order valence-electron chi connectivity index (χ2n) is 9.17. The Bertz CT molecular complexity index is 792. The van der Waals surface area contributed by atoms with Gasteiger partial charge in [-0.2, -0.15) is 0 Å². The largest absolute Gasteiger partial charge is 0.494 e. The molecule has 2 N–H and O–H groups in total. The van der Waals surface area contributed by atoms with Gasteiger partial charge < -0.3 is 20.1 Å². The number of nitrogens with one attached hydrogen (secondary N) is 2. The van der Waals surface area contributed by atoms with Crippen molar-refractivity contribution in [3.8, 4) is 11.5 Å². The van der Waals surface area contributed by atoms with E-state index in [1.807, 2.05) is 48.5 Å². The lowest BCUT2D eigenvalue weighted by Crippen LogP contribution is -2.11. The summed E-state index contributed by atoms with van der Waals surface area (Å²) in [6.45, 7) is 5.71. The fourth-order valence-electron chi connectivity index (χ4n) is 3.66. The van der Waals surface area contributed by atoms with Gasteiger partial charge in [0.05, 0.1) is 13.2 Å². The maximum atomic E-state index is 12.2. The van der Waals surface area contributed by atoms with Gasteiger partial charge in [0.2, 0.25) is 11.8 Å². The molecule has 0 saturated carbocycles. The number of anilines is 2. The maximum Gasteiger partial charge on any atom is 0.224 e. The molecule has 2 amide bonds. The SMILES string of the molecule is CCCCOc1ccc(NC(=O)CCCCCCCCC(=O)Nc2ccc(OCCCC)cc2)cc1. The first-order valence-electron chi connectivity index (χ1n) is 13.7. The van der Waals surface area contributed by atoms with Crippen molar-refractivity contribution in [3.05, 3.63) is 48.5 Å². The summed E-state index contributed by atoms with van der Waals surface area (Å²) in [5, 5.41) is 5.90. The van der Waals surface area contributed by atoms with E-state index in [9.17, 15) is 9.59 Å². The smallest absolute Gasteiger partial charge is 0.224 e. The highest BCUT2D eigenvalue weighted by atomic mass is 16.5. The van der Waals surface area contributed by atoms with Crippen LogP contribution in [0.3, 0.4) is 0 Å². The molecule has 6 nitrogen and oxygen atoms in total. The maximum absolute atomic E-state index is 12.2. The zero-order valence-corrected chi connectivity index (χ0v) is 22.2. The number of ether oxygens (including phenoxy) is 2. The second kappa shape index (κ2) is 18.3. The number of benzene rings is 2. The topological polar surface area (TPSA) is 76.7 Å². The van der Waals surface area contributed by atoms with E-state index in [1.54, 1.807) is 0 Å². The number of hydrogen-bond acceptors (Lipinski definition) is 4. The number of carbonyl (C=O) groups excluding carboxylic acids is 2. The third-order valence-electron chi connectivity index (χ3n) is 5.87. The molecule has 0 bridgehead atoms. The van der Waals surface area contributed by atoms with Crippen LogP contribution in [0, 0.1) is 0 Å².